The van der Waals surface area contributed by atoms with Gasteiger partial charge in [-0.3, -0.25) is 4.79 Å². The largest absolute Gasteiger partial charge is 0.548 e. The van der Waals surface area contributed by atoms with Gasteiger partial charge in [0, 0.05) is 22.4 Å². The van der Waals surface area contributed by atoms with Crippen LogP contribution in [0.4, 0.5) is 0 Å². The number of aryl methyl sites for hydroxylation is 2. The van der Waals surface area contributed by atoms with Gasteiger partial charge >= 0.3 is 5.63 Å². The van der Waals surface area contributed by atoms with Crippen molar-refractivity contribution in [2.75, 3.05) is 0 Å². The number of hydrogen-bond acceptors (Lipinski definition) is 6. The van der Waals surface area contributed by atoms with Crippen molar-refractivity contribution in [2.45, 2.75) is 33.2 Å². The van der Waals surface area contributed by atoms with Gasteiger partial charge < -0.3 is 24.1 Å². The summed E-state index contributed by atoms with van der Waals surface area (Å²) in [6.07, 6.45) is 1.37. The average Bonchev–Trinajstić information content (AvgIpc) is 3.13. The molecule has 0 saturated heterocycles. The molecule has 0 aliphatic rings. The van der Waals surface area contributed by atoms with E-state index in [1.165, 1.54) is 6.92 Å². The lowest BCUT2D eigenvalue weighted by Crippen LogP contribution is -2.46. The Morgan fingerprint density at radius 2 is 1.77 bits per heavy atom. The van der Waals surface area contributed by atoms with E-state index < -0.39 is 23.5 Å². The molecule has 0 saturated carbocycles. The molecule has 4 rings (SSSR count). The number of rotatable bonds is 5. The molecular formula is C24H20NO6-. The highest BCUT2D eigenvalue weighted by atomic mass is 16.4. The number of furan rings is 1. The van der Waals surface area contributed by atoms with Gasteiger partial charge in [-0.25, -0.2) is 4.79 Å². The van der Waals surface area contributed by atoms with Gasteiger partial charge in [0.1, 0.15) is 11.2 Å². The van der Waals surface area contributed by atoms with Crippen LogP contribution in [0, 0.1) is 13.8 Å². The van der Waals surface area contributed by atoms with Crippen LogP contribution in [-0.4, -0.2) is 17.9 Å². The zero-order chi connectivity index (χ0) is 22.3. The van der Waals surface area contributed by atoms with Crippen molar-refractivity contribution in [3.8, 4) is 11.1 Å². The second-order valence-electron chi connectivity index (χ2n) is 7.64. The van der Waals surface area contributed by atoms with Gasteiger partial charge in [0.2, 0.25) is 5.91 Å². The van der Waals surface area contributed by atoms with Crippen molar-refractivity contribution in [1.82, 2.24) is 5.32 Å². The predicted molar refractivity (Wildman–Crippen MR) is 113 cm³/mol. The predicted octanol–water partition coefficient (Wildman–Crippen LogP) is 2.62. The molecule has 1 amide bonds. The second kappa shape index (κ2) is 7.75. The van der Waals surface area contributed by atoms with Crippen molar-refractivity contribution in [2.24, 2.45) is 0 Å². The lowest BCUT2D eigenvalue weighted by Gasteiger charge is -2.15. The Bertz CT molecular complexity index is 1380. The van der Waals surface area contributed by atoms with E-state index in [0.29, 0.717) is 22.1 Å². The standard InChI is InChI=1S/C24H21NO6/c1-12-4-6-15(7-5-12)19-11-30-20-10-21-16(8-18(19)20)13(2)17(24(29)31-21)9-22(26)25-14(3)23(27)28/h4-8,10-11,14H,9H2,1-3H3,(H,25,26)(H,27,28)/p-1/t14-/m0/s1. The SMILES string of the molecule is Cc1ccc(-c2coc3cc4oc(=O)c(CC(=O)N[C@@H](C)C(=O)[O-])c(C)c4cc23)cc1. The van der Waals surface area contributed by atoms with Gasteiger partial charge in [0.05, 0.1) is 30.3 Å². The summed E-state index contributed by atoms with van der Waals surface area (Å²) in [5.41, 5.74) is 4.11. The molecule has 2 aromatic heterocycles. The summed E-state index contributed by atoms with van der Waals surface area (Å²) in [4.78, 5) is 35.6. The third-order valence-corrected chi connectivity index (χ3v) is 5.41. The first-order valence-electron chi connectivity index (χ1n) is 9.79. The molecule has 0 aliphatic heterocycles. The lowest BCUT2D eigenvalue weighted by molar-refractivity contribution is -0.307. The normalized spacial score (nSPS) is 12.2. The highest BCUT2D eigenvalue weighted by Gasteiger charge is 2.18. The molecule has 31 heavy (non-hydrogen) atoms. The van der Waals surface area contributed by atoms with Crippen molar-refractivity contribution in [3.05, 3.63) is 69.8 Å². The smallest absolute Gasteiger partial charge is 0.340 e. The van der Waals surface area contributed by atoms with E-state index in [4.69, 9.17) is 8.83 Å². The molecule has 4 aromatic rings. The fourth-order valence-corrected chi connectivity index (χ4v) is 3.58. The average molecular weight is 418 g/mol. The zero-order valence-corrected chi connectivity index (χ0v) is 17.3. The topological polar surface area (TPSA) is 113 Å². The molecule has 2 heterocycles. The second-order valence-corrected chi connectivity index (χ2v) is 7.64. The summed E-state index contributed by atoms with van der Waals surface area (Å²) >= 11 is 0. The lowest BCUT2D eigenvalue weighted by atomic mass is 9.99. The summed E-state index contributed by atoms with van der Waals surface area (Å²) in [6.45, 7) is 5.05. The van der Waals surface area contributed by atoms with Crippen LogP contribution in [0.1, 0.15) is 23.6 Å². The number of aliphatic carboxylic acids is 1. The van der Waals surface area contributed by atoms with Crippen LogP contribution in [0.15, 0.2) is 56.3 Å². The van der Waals surface area contributed by atoms with Gasteiger partial charge in [0.25, 0.3) is 0 Å². The van der Waals surface area contributed by atoms with Crippen LogP contribution < -0.4 is 16.0 Å². The minimum absolute atomic E-state index is 0.176. The van der Waals surface area contributed by atoms with E-state index >= 15 is 0 Å². The molecule has 0 radical (unpaired) electrons. The number of hydrogen-bond donors (Lipinski definition) is 1. The molecule has 7 heteroatoms. The van der Waals surface area contributed by atoms with E-state index in [-0.39, 0.29) is 12.0 Å². The van der Waals surface area contributed by atoms with Crippen LogP contribution in [0.3, 0.4) is 0 Å². The van der Waals surface area contributed by atoms with Gasteiger partial charge in [-0.05, 0) is 38.0 Å². The monoisotopic (exact) mass is 418 g/mol. The number of carboxylic acids is 1. The molecule has 1 N–H and O–H groups in total. The van der Waals surface area contributed by atoms with Crippen LogP contribution >= 0.6 is 0 Å². The van der Waals surface area contributed by atoms with Gasteiger partial charge in [-0.1, -0.05) is 29.8 Å². The summed E-state index contributed by atoms with van der Waals surface area (Å²) in [5.74, 6) is -2.00. The molecular weight excluding hydrogens is 398 g/mol. The highest BCUT2D eigenvalue weighted by molar-refractivity contribution is 6.02. The van der Waals surface area contributed by atoms with E-state index in [9.17, 15) is 19.5 Å². The molecule has 7 nitrogen and oxygen atoms in total. The number of carbonyl (C=O) groups excluding carboxylic acids is 2. The molecule has 158 valence electrons. The van der Waals surface area contributed by atoms with Crippen LogP contribution in [-0.2, 0) is 16.0 Å². The quantitative estimate of drug-likeness (QED) is 0.499. The van der Waals surface area contributed by atoms with Gasteiger partial charge in [0.15, 0.2) is 0 Å². The third kappa shape index (κ3) is 3.82. The van der Waals surface area contributed by atoms with E-state index in [0.717, 1.165) is 22.1 Å². The Kier molecular flexibility index (Phi) is 5.10. The molecule has 0 aliphatic carbocycles. The summed E-state index contributed by atoms with van der Waals surface area (Å²) in [5, 5.41) is 14.7. The maximum absolute atomic E-state index is 12.5. The minimum Gasteiger partial charge on any atom is -0.548 e. The summed E-state index contributed by atoms with van der Waals surface area (Å²) in [7, 11) is 0. The van der Waals surface area contributed by atoms with Crippen molar-refractivity contribution in [1.29, 1.82) is 0 Å². The van der Waals surface area contributed by atoms with Crippen molar-refractivity contribution in [3.63, 3.8) is 0 Å². The Balaban J connectivity index is 1.79. The summed E-state index contributed by atoms with van der Waals surface area (Å²) < 4.78 is 11.1. The summed E-state index contributed by atoms with van der Waals surface area (Å²) in [6, 6.07) is 10.4. The Morgan fingerprint density at radius 3 is 2.45 bits per heavy atom. The zero-order valence-electron chi connectivity index (χ0n) is 17.3. The fraction of sp³-hybridized carbons (Fsp3) is 0.208. The first-order valence-corrected chi connectivity index (χ1v) is 9.79. The van der Waals surface area contributed by atoms with Crippen LogP contribution in [0.2, 0.25) is 0 Å². The van der Waals surface area contributed by atoms with Gasteiger partial charge in [-0.15, -0.1) is 0 Å². The number of carboxylic acid groups (broad SMARTS) is 1. The first-order chi connectivity index (χ1) is 14.7. The molecule has 0 spiro atoms. The molecule has 0 bridgehead atoms. The number of fused-ring (bicyclic) bond motifs is 2. The number of nitrogens with one attached hydrogen (secondary N) is 1. The first kappa shape index (κ1) is 20.4. The number of amides is 1. The van der Waals surface area contributed by atoms with E-state index in [1.54, 1.807) is 19.3 Å². The number of benzene rings is 2. The number of carbonyl (C=O) groups is 2. The molecule has 0 fully saturated rings. The third-order valence-electron chi connectivity index (χ3n) is 5.41. The molecule has 0 unspecified atom stereocenters. The molecule has 2 aromatic carbocycles. The van der Waals surface area contributed by atoms with Crippen molar-refractivity contribution >= 4 is 33.8 Å². The fourth-order valence-electron chi connectivity index (χ4n) is 3.58. The maximum atomic E-state index is 12.5. The van der Waals surface area contributed by atoms with Crippen molar-refractivity contribution < 1.29 is 23.5 Å². The molecule has 1 atom stereocenters. The highest BCUT2D eigenvalue weighted by Crippen LogP contribution is 2.34. The van der Waals surface area contributed by atoms with E-state index in [2.05, 4.69) is 5.32 Å². The van der Waals surface area contributed by atoms with Gasteiger partial charge in [-0.2, -0.15) is 0 Å². The Hall–Kier alpha value is -3.87. The Labute approximate surface area is 177 Å². The maximum Gasteiger partial charge on any atom is 0.340 e. The minimum atomic E-state index is -1.40. The van der Waals surface area contributed by atoms with Crippen LogP contribution in [0.25, 0.3) is 33.1 Å². The van der Waals surface area contributed by atoms with Crippen LogP contribution in [0.5, 0.6) is 0 Å². The van der Waals surface area contributed by atoms with E-state index in [1.807, 2.05) is 37.3 Å². The Morgan fingerprint density at radius 1 is 1.06 bits per heavy atom.